The summed E-state index contributed by atoms with van der Waals surface area (Å²) >= 11 is 0. The van der Waals surface area contributed by atoms with Crippen molar-refractivity contribution >= 4 is 22.8 Å². The van der Waals surface area contributed by atoms with Gasteiger partial charge in [-0.15, -0.1) is 0 Å². The molecule has 0 aromatic carbocycles. The molecule has 168 valence electrons. The number of ether oxygens (including phenoxy) is 1. The number of halogens is 2. The summed E-state index contributed by atoms with van der Waals surface area (Å²) in [6.07, 6.45) is 2.38. The molecule has 0 radical (unpaired) electrons. The zero-order valence-corrected chi connectivity index (χ0v) is 16.9. The predicted molar refractivity (Wildman–Crippen MR) is 108 cm³/mol. The number of carbonyl (C=O) groups is 1. The van der Waals surface area contributed by atoms with Crippen molar-refractivity contribution in [3.05, 3.63) is 41.9 Å². The van der Waals surface area contributed by atoms with Crippen LogP contribution < -0.4 is 5.32 Å². The summed E-state index contributed by atoms with van der Waals surface area (Å²) in [7, 11) is 0. The van der Waals surface area contributed by atoms with Crippen LogP contribution >= 0.6 is 0 Å². The molecule has 12 heteroatoms. The third-order valence-electron chi connectivity index (χ3n) is 5.82. The molecular formula is C20H21F2N7O3. The number of anilines is 1. The molecule has 32 heavy (non-hydrogen) atoms. The number of aromatic nitrogens is 5. The molecule has 0 bridgehead atoms. The van der Waals surface area contributed by atoms with Crippen LogP contribution in [-0.2, 0) is 4.74 Å². The molecule has 5 rings (SSSR count). The summed E-state index contributed by atoms with van der Waals surface area (Å²) in [5, 5.41) is 20.5. The first-order valence-electron chi connectivity index (χ1n) is 10.3. The number of alkyl halides is 1. The summed E-state index contributed by atoms with van der Waals surface area (Å²) in [4.78, 5) is 26.9. The fraction of sp³-hybridized carbons (Fsp3) is 0.450. The van der Waals surface area contributed by atoms with Crippen LogP contribution in [0.1, 0.15) is 34.9 Å². The Morgan fingerprint density at radius 1 is 1.34 bits per heavy atom. The fourth-order valence-electron chi connectivity index (χ4n) is 4.24. The molecule has 2 aliphatic heterocycles. The average molecular weight is 445 g/mol. The van der Waals surface area contributed by atoms with Crippen LogP contribution in [0.4, 0.5) is 14.6 Å². The Morgan fingerprint density at radius 2 is 2.22 bits per heavy atom. The van der Waals surface area contributed by atoms with E-state index in [0.717, 1.165) is 6.20 Å². The van der Waals surface area contributed by atoms with E-state index in [-0.39, 0.29) is 25.3 Å². The number of nitrogens with one attached hydrogen (secondary N) is 2. The highest BCUT2D eigenvalue weighted by molar-refractivity contribution is 6.07. The first-order chi connectivity index (χ1) is 15.5. The van der Waals surface area contributed by atoms with E-state index in [1.807, 2.05) is 0 Å². The summed E-state index contributed by atoms with van der Waals surface area (Å²) in [5.41, 5.74) is 0.741. The van der Waals surface area contributed by atoms with Crippen LogP contribution in [0.2, 0.25) is 0 Å². The highest BCUT2D eigenvalue weighted by Crippen LogP contribution is 2.36. The number of aliphatic hydroxyl groups excluding tert-OH is 1. The number of aromatic amines is 1. The van der Waals surface area contributed by atoms with Gasteiger partial charge in [-0.3, -0.25) is 14.9 Å². The molecule has 3 aromatic heterocycles. The van der Waals surface area contributed by atoms with Gasteiger partial charge in [0.15, 0.2) is 11.3 Å². The number of carbonyl (C=O) groups excluding carboxylic acids is 1. The number of pyridine rings is 1. The van der Waals surface area contributed by atoms with Gasteiger partial charge in [-0.25, -0.2) is 18.7 Å². The second kappa shape index (κ2) is 8.36. The minimum atomic E-state index is -1.26. The Balaban J connectivity index is 1.49. The zero-order valence-electron chi connectivity index (χ0n) is 16.9. The van der Waals surface area contributed by atoms with Crippen molar-refractivity contribution in [3.8, 4) is 0 Å². The second-order valence-electron chi connectivity index (χ2n) is 7.94. The monoisotopic (exact) mass is 445 g/mol. The summed E-state index contributed by atoms with van der Waals surface area (Å²) in [6, 6.07) is 0.147. The van der Waals surface area contributed by atoms with Crippen LogP contribution in [0.5, 0.6) is 0 Å². The van der Waals surface area contributed by atoms with Crippen molar-refractivity contribution in [3.63, 3.8) is 0 Å². The van der Waals surface area contributed by atoms with Crippen LogP contribution in [0.15, 0.2) is 24.8 Å². The first kappa shape index (κ1) is 20.6. The molecule has 4 atom stereocenters. The van der Waals surface area contributed by atoms with Gasteiger partial charge in [-0.2, -0.15) is 5.10 Å². The number of hydrogen-bond donors (Lipinski definition) is 3. The van der Waals surface area contributed by atoms with Gasteiger partial charge in [0, 0.05) is 19.2 Å². The number of rotatable bonds is 4. The van der Waals surface area contributed by atoms with E-state index in [4.69, 9.17) is 4.74 Å². The fourth-order valence-corrected chi connectivity index (χ4v) is 4.24. The minimum Gasteiger partial charge on any atom is -0.391 e. The molecule has 0 aliphatic carbocycles. The molecule has 2 fully saturated rings. The summed E-state index contributed by atoms with van der Waals surface area (Å²) < 4.78 is 33.5. The molecular weight excluding hydrogens is 424 g/mol. The van der Waals surface area contributed by atoms with Crippen molar-refractivity contribution in [2.45, 2.75) is 37.2 Å². The largest absolute Gasteiger partial charge is 0.391 e. The number of hydrogen-bond acceptors (Lipinski definition) is 8. The van der Waals surface area contributed by atoms with Gasteiger partial charge < -0.3 is 20.1 Å². The number of fused-ring (bicyclic) bond motifs is 1. The molecule has 5 heterocycles. The molecule has 0 spiro atoms. The number of aliphatic hydroxyl groups is 1. The van der Waals surface area contributed by atoms with Gasteiger partial charge in [0.05, 0.1) is 42.9 Å². The maximum absolute atomic E-state index is 14.3. The number of H-pyrrole nitrogens is 1. The molecule has 3 aromatic rings. The van der Waals surface area contributed by atoms with Gasteiger partial charge in [-0.1, -0.05) is 0 Å². The molecule has 0 saturated carbocycles. The smallest absolute Gasteiger partial charge is 0.275 e. The van der Waals surface area contributed by atoms with Crippen LogP contribution in [-0.4, -0.2) is 79.1 Å². The van der Waals surface area contributed by atoms with Gasteiger partial charge in [0.1, 0.15) is 24.1 Å². The van der Waals surface area contributed by atoms with Crippen molar-refractivity contribution in [2.24, 2.45) is 0 Å². The lowest BCUT2D eigenvalue weighted by Gasteiger charge is -2.29. The average Bonchev–Trinajstić information content (AvgIpc) is 3.39. The highest BCUT2D eigenvalue weighted by atomic mass is 19.1. The van der Waals surface area contributed by atoms with E-state index >= 15 is 0 Å². The standard InChI is InChI=1S/C20H21F2N7O3/c21-11-3-10(5-23-6-11)14-4-12(22)7-29(14)20(31)17-16-18(24-9-25-19(16)28-27-17)26-13-8-32-2-1-15(13)30/h3,5-6,9,12-15,30H,1-2,4,7-8H2,(H2,24,25,26,27,28)/t12-,13+,14+,15+/m0/s1. The highest BCUT2D eigenvalue weighted by Gasteiger charge is 2.39. The van der Waals surface area contributed by atoms with Crippen LogP contribution in [0.25, 0.3) is 11.0 Å². The van der Waals surface area contributed by atoms with Crippen LogP contribution in [0, 0.1) is 5.82 Å². The summed E-state index contributed by atoms with van der Waals surface area (Å²) in [5.74, 6) is -0.791. The van der Waals surface area contributed by atoms with E-state index < -0.39 is 36.1 Å². The topological polar surface area (TPSA) is 129 Å². The number of nitrogens with zero attached hydrogens (tertiary/aromatic N) is 5. The first-order valence-corrected chi connectivity index (χ1v) is 10.3. The van der Waals surface area contributed by atoms with E-state index in [2.05, 4.69) is 30.5 Å². The second-order valence-corrected chi connectivity index (χ2v) is 7.94. The lowest BCUT2D eigenvalue weighted by molar-refractivity contribution is 0.00308. The molecule has 2 aliphatic rings. The lowest BCUT2D eigenvalue weighted by Crippen LogP contribution is -2.42. The third kappa shape index (κ3) is 3.75. The normalized spacial score (nSPS) is 25.9. The van der Waals surface area contributed by atoms with Crippen molar-refractivity contribution in [2.75, 3.05) is 25.1 Å². The quantitative estimate of drug-likeness (QED) is 0.549. The van der Waals surface area contributed by atoms with E-state index in [1.165, 1.54) is 23.5 Å². The van der Waals surface area contributed by atoms with E-state index in [1.54, 1.807) is 0 Å². The Kier molecular flexibility index (Phi) is 5.39. The van der Waals surface area contributed by atoms with Gasteiger partial charge in [0.25, 0.3) is 5.91 Å². The minimum absolute atomic E-state index is 0.0118. The van der Waals surface area contributed by atoms with Crippen molar-refractivity contribution in [1.82, 2.24) is 30.0 Å². The number of likely N-dealkylation sites (tertiary alicyclic amines) is 1. The van der Waals surface area contributed by atoms with Crippen molar-refractivity contribution < 1.29 is 23.4 Å². The van der Waals surface area contributed by atoms with Gasteiger partial charge in [0.2, 0.25) is 0 Å². The summed E-state index contributed by atoms with van der Waals surface area (Å²) in [6.45, 7) is 0.585. The molecule has 1 amide bonds. The maximum atomic E-state index is 14.3. The Hall–Kier alpha value is -3.25. The maximum Gasteiger partial charge on any atom is 0.275 e. The van der Waals surface area contributed by atoms with Gasteiger partial charge in [-0.05, 0) is 18.1 Å². The predicted octanol–water partition coefficient (Wildman–Crippen LogP) is 1.37. The van der Waals surface area contributed by atoms with Gasteiger partial charge >= 0.3 is 0 Å². The van der Waals surface area contributed by atoms with E-state index in [0.29, 0.717) is 35.4 Å². The molecule has 0 unspecified atom stereocenters. The Bertz CT molecular complexity index is 1140. The molecule has 2 saturated heterocycles. The Morgan fingerprint density at radius 3 is 3.03 bits per heavy atom. The third-order valence-corrected chi connectivity index (χ3v) is 5.82. The lowest BCUT2D eigenvalue weighted by atomic mass is 10.1. The zero-order chi connectivity index (χ0) is 22.2. The van der Waals surface area contributed by atoms with Crippen molar-refractivity contribution in [1.29, 1.82) is 0 Å². The van der Waals surface area contributed by atoms with E-state index in [9.17, 15) is 18.7 Å². The SMILES string of the molecule is O=C(c1n[nH]c2ncnc(N[C@@H]3COCC[C@H]3O)c12)N1C[C@@H](F)C[C@@H]1c1cncc(F)c1. The van der Waals surface area contributed by atoms with Crippen LogP contribution in [0.3, 0.4) is 0 Å². The number of amides is 1. The Labute approximate surface area is 181 Å². The molecule has 10 nitrogen and oxygen atoms in total. The molecule has 3 N–H and O–H groups in total.